The number of nitrogens with zero attached hydrogens (tertiary/aromatic N) is 2. The summed E-state index contributed by atoms with van der Waals surface area (Å²) >= 11 is 0. The van der Waals surface area contributed by atoms with Gasteiger partial charge in [0.1, 0.15) is 22.3 Å². The zero-order chi connectivity index (χ0) is 47.5. The van der Waals surface area contributed by atoms with Gasteiger partial charge in [-0.2, -0.15) is 0 Å². The highest BCUT2D eigenvalue weighted by molar-refractivity contribution is 6.23. The second-order valence-electron chi connectivity index (χ2n) is 18.5. The van der Waals surface area contributed by atoms with Gasteiger partial charge in [-0.3, -0.25) is 0 Å². The van der Waals surface area contributed by atoms with E-state index in [1.54, 1.807) is 0 Å². The smallest absolute Gasteiger partial charge is 0.137 e. The molecule has 0 spiro atoms. The van der Waals surface area contributed by atoms with E-state index in [0.29, 0.717) is 0 Å². The average molecular weight is 921 g/mol. The Bertz CT molecular complexity index is 4360. The summed E-state index contributed by atoms with van der Waals surface area (Å²) < 4.78 is 13.2. The van der Waals surface area contributed by atoms with E-state index >= 15 is 0 Å². The van der Waals surface area contributed by atoms with Gasteiger partial charge in [-0.1, -0.05) is 176 Å². The summed E-state index contributed by atoms with van der Waals surface area (Å²) in [6.07, 6.45) is 0. The third-order valence-electron chi connectivity index (χ3n) is 14.2. The van der Waals surface area contributed by atoms with Crippen LogP contribution in [0, 0.1) is 0 Å². The van der Waals surface area contributed by atoms with Gasteiger partial charge in [0.2, 0.25) is 0 Å². The minimum atomic E-state index is 0.845. The quantitative estimate of drug-likeness (QED) is 0.144. The lowest BCUT2D eigenvalue weighted by atomic mass is 9.99. The summed E-state index contributed by atoms with van der Waals surface area (Å²) in [5, 5.41) is 9.13. The van der Waals surface area contributed by atoms with Crippen LogP contribution < -0.4 is 9.80 Å². The average Bonchev–Trinajstić information content (AvgIpc) is 4.04. The van der Waals surface area contributed by atoms with E-state index in [0.717, 1.165) is 111 Å². The van der Waals surface area contributed by atoms with Gasteiger partial charge >= 0.3 is 0 Å². The first-order valence-electron chi connectivity index (χ1n) is 24.5. The van der Waals surface area contributed by atoms with Gasteiger partial charge in [-0.25, -0.2) is 0 Å². The monoisotopic (exact) mass is 920 g/mol. The highest BCUT2D eigenvalue weighted by Crippen LogP contribution is 2.48. The first kappa shape index (κ1) is 41.3. The van der Waals surface area contributed by atoms with E-state index in [1.165, 1.54) is 21.7 Å². The molecule has 0 saturated carbocycles. The van der Waals surface area contributed by atoms with Crippen LogP contribution in [0.2, 0.25) is 0 Å². The van der Waals surface area contributed by atoms with E-state index in [-0.39, 0.29) is 0 Å². The second kappa shape index (κ2) is 17.1. The lowest BCUT2D eigenvalue weighted by Crippen LogP contribution is -2.11. The molecule has 0 saturated heterocycles. The fourth-order valence-electron chi connectivity index (χ4n) is 10.8. The lowest BCUT2D eigenvalue weighted by molar-refractivity contribution is 0.668. The molecule has 338 valence electrons. The molecule has 12 aromatic carbocycles. The predicted molar refractivity (Wildman–Crippen MR) is 302 cm³/mol. The summed E-state index contributed by atoms with van der Waals surface area (Å²) in [5.74, 6) is 0. The Morgan fingerprint density at radius 3 is 1.38 bits per heavy atom. The summed E-state index contributed by atoms with van der Waals surface area (Å²) in [4.78, 5) is 4.77. The second-order valence-corrected chi connectivity index (χ2v) is 18.5. The Balaban J connectivity index is 0.936. The van der Waals surface area contributed by atoms with Crippen LogP contribution in [-0.2, 0) is 0 Å². The normalized spacial score (nSPS) is 11.6. The van der Waals surface area contributed by atoms with Crippen molar-refractivity contribution < 1.29 is 8.83 Å². The minimum absolute atomic E-state index is 0.845. The Hall–Kier alpha value is -9.64. The molecule has 0 aliphatic rings. The van der Waals surface area contributed by atoms with Crippen molar-refractivity contribution in [3.8, 4) is 33.4 Å². The van der Waals surface area contributed by atoms with Crippen molar-refractivity contribution in [2.45, 2.75) is 0 Å². The number of hydrogen-bond acceptors (Lipinski definition) is 4. The van der Waals surface area contributed by atoms with Crippen molar-refractivity contribution in [2.75, 3.05) is 9.80 Å². The molecule has 0 amide bonds. The van der Waals surface area contributed by atoms with Gasteiger partial charge < -0.3 is 18.6 Å². The maximum Gasteiger partial charge on any atom is 0.137 e. The molecule has 0 N–H and O–H groups in total. The SMILES string of the molecule is c1ccc(-c2cccc(N(c3cccc(-c4cccc(N(c5ccc(-c6ccc7ccccc7c6)cc5)c5cccc6oc7ccc8ccccc8c7c56)c4)c3)c3cccc4oc5ccccc5c34)c2)cc1. The van der Waals surface area contributed by atoms with Crippen molar-refractivity contribution >= 4 is 99.5 Å². The van der Waals surface area contributed by atoms with Gasteiger partial charge in [-0.15, -0.1) is 0 Å². The number of hydrogen-bond donors (Lipinski definition) is 0. The number of rotatable bonds is 9. The van der Waals surface area contributed by atoms with Crippen molar-refractivity contribution in [1.82, 2.24) is 0 Å². The molecule has 0 atom stereocenters. The molecule has 0 unspecified atom stereocenters. The molecule has 2 heterocycles. The molecule has 0 fully saturated rings. The molecule has 4 nitrogen and oxygen atoms in total. The topological polar surface area (TPSA) is 32.8 Å². The zero-order valence-corrected chi connectivity index (χ0v) is 39.1. The number of anilines is 6. The fraction of sp³-hybridized carbons (Fsp3) is 0. The standard InChI is InChI=1S/C68H44N2O2/c1-2-15-45(16-3-1)50-20-10-24-56(42-50)70(60-28-13-31-63-66(60)59-27-8-9-30-62(59)71-63)57-25-12-22-52(44-57)51-21-11-23-55(43-51)69(54-38-35-47(36-39-54)53-34-33-46-17-4-5-19-49(46)41-53)61-29-14-32-64-68(61)67-58-26-7-6-18-48(58)37-40-65(67)72-64/h1-44H. The third kappa shape index (κ3) is 7.08. The van der Waals surface area contributed by atoms with Crippen molar-refractivity contribution in [3.63, 3.8) is 0 Å². The lowest BCUT2D eigenvalue weighted by Gasteiger charge is -2.28. The van der Waals surface area contributed by atoms with Gasteiger partial charge in [0, 0.05) is 33.5 Å². The van der Waals surface area contributed by atoms with Gasteiger partial charge in [0.05, 0.1) is 22.1 Å². The summed E-state index contributed by atoms with van der Waals surface area (Å²) in [6.45, 7) is 0. The van der Waals surface area contributed by atoms with Crippen LogP contribution in [0.25, 0.3) is 98.8 Å². The van der Waals surface area contributed by atoms with Crippen LogP contribution in [0.5, 0.6) is 0 Å². The number of para-hydroxylation sites is 1. The highest BCUT2D eigenvalue weighted by Gasteiger charge is 2.23. The first-order valence-corrected chi connectivity index (χ1v) is 24.5. The van der Waals surface area contributed by atoms with Crippen LogP contribution in [0.3, 0.4) is 0 Å². The molecular weight excluding hydrogens is 877 g/mol. The largest absolute Gasteiger partial charge is 0.456 e. The minimum Gasteiger partial charge on any atom is -0.456 e. The van der Waals surface area contributed by atoms with E-state index in [2.05, 4.69) is 265 Å². The molecule has 0 radical (unpaired) electrons. The van der Waals surface area contributed by atoms with E-state index in [9.17, 15) is 0 Å². The van der Waals surface area contributed by atoms with Gasteiger partial charge in [-0.05, 0) is 146 Å². The van der Waals surface area contributed by atoms with Crippen LogP contribution in [0.4, 0.5) is 34.1 Å². The molecule has 0 aliphatic carbocycles. The molecular formula is C68H44N2O2. The van der Waals surface area contributed by atoms with Crippen molar-refractivity contribution in [2.24, 2.45) is 0 Å². The molecule has 4 heteroatoms. The van der Waals surface area contributed by atoms with Gasteiger partial charge in [0.25, 0.3) is 0 Å². The molecule has 0 bridgehead atoms. The molecule has 2 aromatic heterocycles. The third-order valence-corrected chi connectivity index (χ3v) is 14.2. The van der Waals surface area contributed by atoms with E-state index in [1.807, 2.05) is 12.1 Å². The molecule has 0 aliphatic heterocycles. The van der Waals surface area contributed by atoms with Crippen molar-refractivity contribution in [1.29, 1.82) is 0 Å². The maximum absolute atomic E-state index is 6.68. The Morgan fingerprint density at radius 1 is 0.222 bits per heavy atom. The predicted octanol–water partition coefficient (Wildman–Crippen LogP) is 19.7. The summed E-state index contributed by atoms with van der Waals surface area (Å²) in [7, 11) is 0. The highest BCUT2D eigenvalue weighted by atomic mass is 16.3. The van der Waals surface area contributed by atoms with E-state index < -0.39 is 0 Å². The zero-order valence-electron chi connectivity index (χ0n) is 39.1. The van der Waals surface area contributed by atoms with Crippen LogP contribution in [0.1, 0.15) is 0 Å². The first-order chi connectivity index (χ1) is 35.7. The number of benzene rings is 12. The fourth-order valence-corrected chi connectivity index (χ4v) is 10.8. The summed E-state index contributed by atoms with van der Waals surface area (Å²) in [6, 6.07) is 95.5. The summed E-state index contributed by atoms with van der Waals surface area (Å²) in [5.41, 5.74) is 16.5. The maximum atomic E-state index is 6.68. The number of fused-ring (bicyclic) bond motifs is 9. The molecule has 14 aromatic rings. The van der Waals surface area contributed by atoms with Crippen molar-refractivity contribution in [3.05, 3.63) is 267 Å². The van der Waals surface area contributed by atoms with E-state index in [4.69, 9.17) is 8.83 Å². The Kier molecular flexibility index (Phi) is 9.82. The van der Waals surface area contributed by atoms with Crippen LogP contribution in [-0.4, -0.2) is 0 Å². The molecule has 72 heavy (non-hydrogen) atoms. The Morgan fingerprint density at radius 2 is 0.667 bits per heavy atom. The number of furan rings is 2. The van der Waals surface area contributed by atoms with Gasteiger partial charge in [0.15, 0.2) is 0 Å². The van der Waals surface area contributed by atoms with Crippen LogP contribution >= 0.6 is 0 Å². The Labute approximate surface area is 416 Å². The molecule has 14 rings (SSSR count). The van der Waals surface area contributed by atoms with Crippen LogP contribution in [0.15, 0.2) is 276 Å².